The summed E-state index contributed by atoms with van der Waals surface area (Å²) in [4.78, 5) is 22.6. The minimum absolute atomic E-state index is 0.246. The third-order valence-electron chi connectivity index (χ3n) is 2.61. The Hall–Kier alpha value is -2.66. The summed E-state index contributed by atoms with van der Waals surface area (Å²) in [6, 6.07) is 13.2. The highest BCUT2D eigenvalue weighted by atomic mass is 35.5. The van der Waals surface area contributed by atoms with Crippen molar-refractivity contribution >= 4 is 29.7 Å². The smallest absolute Gasteiger partial charge is 0.343 e. The molecule has 6 heteroatoms. The number of hydrogen-bond acceptors (Lipinski definition) is 4. The third-order valence-corrected chi connectivity index (χ3v) is 2.86. The Balaban J connectivity index is 1.98. The number of esters is 1. The molecule has 0 spiro atoms. The van der Waals surface area contributed by atoms with Gasteiger partial charge in [0, 0.05) is 11.9 Å². The fraction of sp³-hybridized carbons (Fsp3) is 0.0625. The van der Waals surface area contributed by atoms with Gasteiger partial charge in [0.1, 0.15) is 5.75 Å². The highest BCUT2D eigenvalue weighted by Crippen LogP contribution is 2.15. The van der Waals surface area contributed by atoms with E-state index in [1.165, 1.54) is 13.1 Å². The van der Waals surface area contributed by atoms with Gasteiger partial charge in [0.2, 0.25) is 5.91 Å². The molecule has 0 saturated carbocycles. The van der Waals surface area contributed by atoms with Crippen molar-refractivity contribution in [3.8, 4) is 5.75 Å². The van der Waals surface area contributed by atoms with Crippen LogP contribution >= 0.6 is 11.6 Å². The second-order valence-electron chi connectivity index (χ2n) is 4.39. The predicted octanol–water partition coefficient (Wildman–Crippen LogP) is 3.03. The van der Waals surface area contributed by atoms with E-state index in [1.54, 1.807) is 48.5 Å². The van der Waals surface area contributed by atoms with Crippen LogP contribution in [0.3, 0.4) is 0 Å². The van der Waals surface area contributed by atoms with Crippen molar-refractivity contribution in [2.24, 2.45) is 5.10 Å². The molecule has 0 aromatic heterocycles. The molecule has 0 saturated heterocycles. The number of benzene rings is 2. The van der Waals surface area contributed by atoms with Gasteiger partial charge in [0.25, 0.3) is 0 Å². The fourth-order valence-corrected chi connectivity index (χ4v) is 1.70. The summed E-state index contributed by atoms with van der Waals surface area (Å²) < 4.78 is 5.24. The first kappa shape index (κ1) is 15.7. The van der Waals surface area contributed by atoms with Gasteiger partial charge in [-0.3, -0.25) is 4.79 Å². The normalized spacial score (nSPS) is 10.5. The zero-order valence-corrected chi connectivity index (χ0v) is 12.5. The second-order valence-corrected chi connectivity index (χ2v) is 4.83. The summed E-state index contributed by atoms with van der Waals surface area (Å²) in [7, 11) is 0. The van der Waals surface area contributed by atoms with Gasteiger partial charge in [-0.25, -0.2) is 10.2 Å². The van der Waals surface area contributed by atoms with E-state index in [4.69, 9.17) is 16.3 Å². The molecule has 1 N–H and O–H groups in total. The number of nitrogens with one attached hydrogen (secondary N) is 1. The Morgan fingerprint density at radius 1 is 1.09 bits per heavy atom. The number of ether oxygens (including phenoxy) is 1. The molecule has 1 amide bonds. The van der Waals surface area contributed by atoms with Gasteiger partial charge >= 0.3 is 5.97 Å². The van der Waals surface area contributed by atoms with Gasteiger partial charge in [-0.2, -0.15) is 5.10 Å². The van der Waals surface area contributed by atoms with Crippen LogP contribution in [0.25, 0.3) is 0 Å². The van der Waals surface area contributed by atoms with Crippen LogP contribution in [0, 0.1) is 0 Å². The van der Waals surface area contributed by atoms with Crippen LogP contribution in [-0.4, -0.2) is 18.1 Å². The van der Waals surface area contributed by atoms with Crippen molar-refractivity contribution in [1.82, 2.24) is 5.43 Å². The van der Waals surface area contributed by atoms with E-state index in [-0.39, 0.29) is 5.91 Å². The largest absolute Gasteiger partial charge is 0.423 e. The Morgan fingerprint density at radius 2 is 1.73 bits per heavy atom. The Kier molecular flexibility index (Phi) is 5.27. The minimum Gasteiger partial charge on any atom is -0.423 e. The van der Waals surface area contributed by atoms with Crippen molar-refractivity contribution in [3.63, 3.8) is 0 Å². The van der Waals surface area contributed by atoms with Crippen LogP contribution < -0.4 is 10.2 Å². The molecule has 0 fully saturated rings. The molecule has 0 aliphatic carbocycles. The maximum absolute atomic E-state index is 11.9. The number of hydrogen-bond donors (Lipinski definition) is 1. The van der Waals surface area contributed by atoms with E-state index in [1.807, 2.05) is 0 Å². The number of hydrazone groups is 1. The molecule has 0 aliphatic rings. The number of carbonyl (C=O) groups is 2. The Bertz CT molecular complexity index is 694. The van der Waals surface area contributed by atoms with E-state index in [0.29, 0.717) is 16.3 Å². The van der Waals surface area contributed by atoms with Crippen LogP contribution in [-0.2, 0) is 4.79 Å². The molecule has 112 valence electrons. The average molecular weight is 317 g/mol. The van der Waals surface area contributed by atoms with Crippen molar-refractivity contribution < 1.29 is 14.3 Å². The van der Waals surface area contributed by atoms with Crippen LogP contribution in [0.1, 0.15) is 22.8 Å². The van der Waals surface area contributed by atoms with Gasteiger partial charge in [0.05, 0.1) is 11.8 Å². The number of amides is 1. The molecule has 0 bridgehead atoms. The number of halogens is 1. The van der Waals surface area contributed by atoms with Crippen molar-refractivity contribution in [1.29, 1.82) is 0 Å². The minimum atomic E-state index is -0.462. The molecule has 2 aromatic carbocycles. The van der Waals surface area contributed by atoms with E-state index < -0.39 is 5.97 Å². The zero-order chi connectivity index (χ0) is 15.9. The summed E-state index contributed by atoms with van der Waals surface area (Å²) in [6.07, 6.45) is 1.49. The predicted molar refractivity (Wildman–Crippen MR) is 84.3 cm³/mol. The summed E-state index contributed by atoms with van der Waals surface area (Å²) in [5.74, 6) is -0.294. The van der Waals surface area contributed by atoms with Gasteiger partial charge in [-0.1, -0.05) is 11.6 Å². The lowest BCUT2D eigenvalue weighted by atomic mass is 10.2. The topological polar surface area (TPSA) is 67.8 Å². The first-order chi connectivity index (χ1) is 10.5. The second kappa shape index (κ2) is 7.38. The molecule has 0 heterocycles. The average Bonchev–Trinajstić information content (AvgIpc) is 2.49. The van der Waals surface area contributed by atoms with Crippen LogP contribution in [0.15, 0.2) is 53.6 Å². The lowest BCUT2D eigenvalue weighted by molar-refractivity contribution is -0.118. The molecule has 0 aliphatic heterocycles. The molecule has 2 aromatic rings. The lowest BCUT2D eigenvalue weighted by Crippen LogP contribution is -2.12. The van der Waals surface area contributed by atoms with Crippen molar-refractivity contribution in [2.75, 3.05) is 0 Å². The molecule has 0 atom stereocenters. The zero-order valence-electron chi connectivity index (χ0n) is 11.7. The molecular formula is C16H13ClN2O3. The maximum Gasteiger partial charge on any atom is 0.343 e. The summed E-state index contributed by atoms with van der Waals surface area (Å²) in [5, 5.41) is 4.30. The van der Waals surface area contributed by atoms with E-state index in [9.17, 15) is 9.59 Å². The van der Waals surface area contributed by atoms with Crippen molar-refractivity contribution in [3.05, 3.63) is 64.7 Å². The van der Waals surface area contributed by atoms with Gasteiger partial charge < -0.3 is 4.74 Å². The SMILES string of the molecule is CC(=O)N/N=C\c1ccc(OC(=O)c2ccc(Cl)cc2)cc1. The van der Waals surface area contributed by atoms with Crippen LogP contribution in [0.4, 0.5) is 0 Å². The monoisotopic (exact) mass is 316 g/mol. The summed E-state index contributed by atoms with van der Waals surface area (Å²) in [6.45, 7) is 1.37. The first-order valence-corrected chi connectivity index (χ1v) is 6.80. The maximum atomic E-state index is 11.9. The van der Waals surface area contributed by atoms with Gasteiger partial charge in [-0.05, 0) is 54.1 Å². The van der Waals surface area contributed by atoms with Gasteiger partial charge in [-0.15, -0.1) is 0 Å². The highest BCUT2D eigenvalue weighted by molar-refractivity contribution is 6.30. The third kappa shape index (κ3) is 4.71. The summed E-state index contributed by atoms with van der Waals surface area (Å²) in [5.41, 5.74) is 3.48. The van der Waals surface area contributed by atoms with Gasteiger partial charge in [0.15, 0.2) is 0 Å². The standard InChI is InChI=1S/C16H13ClN2O3/c1-11(20)19-18-10-12-2-8-15(9-3-12)22-16(21)13-4-6-14(17)7-5-13/h2-10H,1H3,(H,19,20)/b18-10-. The molecule has 0 radical (unpaired) electrons. The molecule has 0 unspecified atom stereocenters. The molecule has 22 heavy (non-hydrogen) atoms. The molecular weight excluding hydrogens is 304 g/mol. The van der Waals surface area contributed by atoms with E-state index >= 15 is 0 Å². The first-order valence-electron chi connectivity index (χ1n) is 6.42. The number of rotatable bonds is 4. The van der Waals surface area contributed by atoms with Crippen LogP contribution in [0.2, 0.25) is 5.02 Å². The lowest BCUT2D eigenvalue weighted by Gasteiger charge is -2.04. The number of nitrogens with zero attached hydrogens (tertiary/aromatic N) is 1. The quantitative estimate of drug-likeness (QED) is 0.408. The number of carbonyl (C=O) groups excluding carboxylic acids is 2. The van der Waals surface area contributed by atoms with Crippen LogP contribution in [0.5, 0.6) is 5.75 Å². The van der Waals surface area contributed by atoms with Crippen molar-refractivity contribution in [2.45, 2.75) is 6.92 Å². The highest BCUT2D eigenvalue weighted by Gasteiger charge is 2.08. The Labute approximate surface area is 132 Å². The molecule has 2 rings (SSSR count). The van der Waals surface area contributed by atoms with E-state index in [0.717, 1.165) is 5.56 Å². The van der Waals surface area contributed by atoms with E-state index in [2.05, 4.69) is 10.5 Å². The Morgan fingerprint density at radius 3 is 2.32 bits per heavy atom. The summed E-state index contributed by atoms with van der Waals surface area (Å²) >= 11 is 5.76. The fourth-order valence-electron chi connectivity index (χ4n) is 1.57. The molecule has 5 nitrogen and oxygen atoms in total.